The molecule has 3 heteroatoms. The summed E-state index contributed by atoms with van der Waals surface area (Å²) in [7, 11) is 0. The van der Waals surface area contributed by atoms with Crippen LogP contribution in [0.2, 0.25) is 0 Å². The van der Waals surface area contributed by atoms with Gasteiger partial charge >= 0.3 is 0 Å². The third kappa shape index (κ3) is 5.85. The first-order chi connectivity index (χ1) is 14.2. The fraction of sp³-hybridized carbons (Fsp3) is 0.308. The molecule has 0 aliphatic carbocycles. The highest BCUT2D eigenvalue weighted by Crippen LogP contribution is 2.29. The summed E-state index contributed by atoms with van der Waals surface area (Å²) in [5.74, 6) is 2.08. The van der Waals surface area contributed by atoms with E-state index in [0.29, 0.717) is 12.5 Å². The lowest BCUT2D eigenvalue weighted by molar-refractivity contribution is -0.136. The van der Waals surface area contributed by atoms with Gasteiger partial charge in [-0.15, -0.1) is 0 Å². The molecule has 3 rings (SSSR count). The van der Waals surface area contributed by atoms with Crippen LogP contribution in [0.1, 0.15) is 50.3 Å². The van der Waals surface area contributed by atoms with Gasteiger partial charge in [0.25, 0.3) is 0 Å². The zero-order chi connectivity index (χ0) is 20.5. The highest BCUT2D eigenvalue weighted by atomic mass is 16.7. The number of para-hydroxylation sites is 1. The van der Waals surface area contributed by atoms with E-state index in [1.165, 1.54) is 5.56 Å². The minimum Gasteiger partial charge on any atom is -0.479 e. The average Bonchev–Trinajstić information content (AvgIpc) is 2.78. The van der Waals surface area contributed by atoms with Crippen molar-refractivity contribution in [2.24, 2.45) is 0 Å². The van der Waals surface area contributed by atoms with Gasteiger partial charge in [-0.3, -0.25) is 0 Å². The zero-order valence-electron chi connectivity index (χ0n) is 17.5. The Morgan fingerprint density at radius 3 is 1.83 bits per heavy atom. The van der Waals surface area contributed by atoms with Gasteiger partial charge in [0.15, 0.2) is 6.10 Å². The SMILES string of the molecule is CCOC(Oc1ccc(C(C)CC)cc1)C(Oc1ccccc1)c1ccccc1. The summed E-state index contributed by atoms with van der Waals surface area (Å²) in [5, 5.41) is 0. The van der Waals surface area contributed by atoms with Crippen molar-refractivity contribution in [1.29, 1.82) is 0 Å². The maximum atomic E-state index is 6.32. The topological polar surface area (TPSA) is 27.7 Å². The van der Waals surface area contributed by atoms with Crippen LogP contribution in [0.15, 0.2) is 84.9 Å². The molecular weight excluding hydrogens is 360 g/mol. The van der Waals surface area contributed by atoms with Crippen molar-refractivity contribution >= 4 is 0 Å². The van der Waals surface area contributed by atoms with Gasteiger partial charge in [-0.05, 0) is 54.7 Å². The van der Waals surface area contributed by atoms with E-state index in [0.717, 1.165) is 23.5 Å². The first-order valence-corrected chi connectivity index (χ1v) is 10.4. The molecule has 3 nitrogen and oxygen atoms in total. The second kappa shape index (κ2) is 10.7. The van der Waals surface area contributed by atoms with Crippen molar-refractivity contribution in [1.82, 2.24) is 0 Å². The first-order valence-electron chi connectivity index (χ1n) is 10.4. The van der Waals surface area contributed by atoms with Crippen LogP contribution in [0.25, 0.3) is 0 Å². The van der Waals surface area contributed by atoms with E-state index in [2.05, 4.69) is 26.0 Å². The molecule has 29 heavy (non-hydrogen) atoms. The lowest BCUT2D eigenvalue weighted by atomic mass is 9.99. The Hall–Kier alpha value is -2.78. The van der Waals surface area contributed by atoms with Crippen molar-refractivity contribution in [2.75, 3.05) is 6.61 Å². The molecule has 3 aromatic rings. The molecule has 0 aliphatic heterocycles. The predicted molar refractivity (Wildman–Crippen MR) is 117 cm³/mol. The lowest BCUT2D eigenvalue weighted by Crippen LogP contribution is -2.32. The summed E-state index contributed by atoms with van der Waals surface area (Å²) >= 11 is 0. The molecule has 0 spiro atoms. The predicted octanol–water partition coefficient (Wildman–Crippen LogP) is 6.76. The van der Waals surface area contributed by atoms with Gasteiger partial charge in [0.2, 0.25) is 6.29 Å². The Balaban J connectivity index is 1.85. The van der Waals surface area contributed by atoms with Gasteiger partial charge in [0, 0.05) is 6.61 Å². The molecule has 0 amide bonds. The largest absolute Gasteiger partial charge is 0.479 e. The Morgan fingerprint density at radius 1 is 0.655 bits per heavy atom. The summed E-state index contributed by atoms with van der Waals surface area (Å²) < 4.78 is 18.6. The van der Waals surface area contributed by atoms with E-state index in [4.69, 9.17) is 14.2 Å². The second-order valence-electron chi connectivity index (χ2n) is 7.08. The van der Waals surface area contributed by atoms with Crippen LogP contribution < -0.4 is 9.47 Å². The Labute approximate surface area is 174 Å². The molecule has 0 fully saturated rings. The van der Waals surface area contributed by atoms with Gasteiger partial charge in [-0.25, -0.2) is 0 Å². The number of rotatable bonds is 10. The standard InChI is InChI=1S/C26H30O3/c1-4-20(3)21-16-18-24(19-17-21)29-26(27-5-2)25(22-12-8-6-9-13-22)28-23-14-10-7-11-15-23/h6-20,25-26H,4-5H2,1-3H3. The number of ether oxygens (including phenoxy) is 3. The number of hydrogen-bond acceptors (Lipinski definition) is 3. The Morgan fingerprint density at radius 2 is 1.24 bits per heavy atom. The molecule has 0 radical (unpaired) electrons. The fourth-order valence-electron chi connectivity index (χ4n) is 3.16. The average molecular weight is 391 g/mol. The maximum absolute atomic E-state index is 6.32. The lowest BCUT2D eigenvalue weighted by Gasteiger charge is -2.28. The molecule has 3 atom stereocenters. The summed E-state index contributed by atoms with van der Waals surface area (Å²) in [4.78, 5) is 0. The van der Waals surface area contributed by atoms with E-state index in [9.17, 15) is 0 Å². The normalized spacial score (nSPS) is 14.0. The molecule has 0 N–H and O–H groups in total. The second-order valence-corrected chi connectivity index (χ2v) is 7.08. The van der Waals surface area contributed by atoms with Crippen LogP contribution in [0.4, 0.5) is 0 Å². The van der Waals surface area contributed by atoms with Crippen LogP contribution >= 0.6 is 0 Å². The fourth-order valence-corrected chi connectivity index (χ4v) is 3.16. The van der Waals surface area contributed by atoms with E-state index in [1.807, 2.05) is 79.7 Å². The van der Waals surface area contributed by atoms with Crippen molar-refractivity contribution in [3.05, 3.63) is 96.1 Å². The molecular formula is C26H30O3. The van der Waals surface area contributed by atoms with E-state index in [1.54, 1.807) is 0 Å². The summed E-state index contributed by atoms with van der Waals surface area (Å²) in [6, 6.07) is 28.1. The van der Waals surface area contributed by atoms with Gasteiger partial charge < -0.3 is 14.2 Å². The monoisotopic (exact) mass is 390 g/mol. The zero-order valence-corrected chi connectivity index (χ0v) is 17.5. The molecule has 152 valence electrons. The van der Waals surface area contributed by atoms with Crippen LogP contribution in [-0.4, -0.2) is 12.9 Å². The molecule has 0 aromatic heterocycles. The molecule has 3 unspecified atom stereocenters. The van der Waals surface area contributed by atoms with Crippen molar-refractivity contribution in [3.63, 3.8) is 0 Å². The minimum absolute atomic E-state index is 0.396. The number of hydrogen-bond donors (Lipinski definition) is 0. The number of benzene rings is 3. The summed E-state index contributed by atoms with van der Waals surface area (Å²) in [6.07, 6.45) is 0.146. The Bertz CT molecular complexity index is 831. The quantitative estimate of drug-likeness (QED) is 0.358. The third-order valence-corrected chi connectivity index (χ3v) is 5.03. The molecule has 0 heterocycles. The van der Waals surface area contributed by atoms with Crippen molar-refractivity contribution < 1.29 is 14.2 Å². The summed E-state index contributed by atoms with van der Waals surface area (Å²) in [6.45, 7) is 6.92. The Kier molecular flexibility index (Phi) is 7.71. The van der Waals surface area contributed by atoms with Crippen LogP contribution in [-0.2, 0) is 4.74 Å². The van der Waals surface area contributed by atoms with Gasteiger partial charge in [-0.1, -0.05) is 74.5 Å². The van der Waals surface area contributed by atoms with Gasteiger partial charge in [-0.2, -0.15) is 0 Å². The minimum atomic E-state index is -0.572. The van der Waals surface area contributed by atoms with Crippen LogP contribution in [0.3, 0.4) is 0 Å². The van der Waals surface area contributed by atoms with Crippen molar-refractivity contribution in [3.8, 4) is 11.5 Å². The smallest absolute Gasteiger partial charge is 0.241 e. The summed E-state index contributed by atoms with van der Waals surface area (Å²) in [5.41, 5.74) is 2.32. The van der Waals surface area contributed by atoms with Crippen LogP contribution in [0, 0.1) is 0 Å². The third-order valence-electron chi connectivity index (χ3n) is 5.03. The van der Waals surface area contributed by atoms with E-state index >= 15 is 0 Å². The van der Waals surface area contributed by atoms with Crippen molar-refractivity contribution in [2.45, 2.75) is 45.5 Å². The molecule has 0 saturated heterocycles. The maximum Gasteiger partial charge on any atom is 0.241 e. The van der Waals surface area contributed by atoms with E-state index in [-0.39, 0.29) is 0 Å². The van der Waals surface area contributed by atoms with Gasteiger partial charge in [0.1, 0.15) is 11.5 Å². The van der Waals surface area contributed by atoms with E-state index < -0.39 is 12.4 Å². The highest BCUT2D eigenvalue weighted by molar-refractivity contribution is 5.30. The molecule has 0 bridgehead atoms. The molecule has 0 aliphatic rings. The molecule has 0 saturated carbocycles. The highest BCUT2D eigenvalue weighted by Gasteiger charge is 2.28. The molecule has 3 aromatic carbocycles. The van der Waals surface area contributed by atoms with Gasteiger partial charge in [0.05, 0.1) is 0 Å². The van der Waals surface area contributed by atoms with Crippen LogP contribution in [0.5, 0.6) is 11.5 Å². The first kappa shape index (κ1) is 20.9.